The Labute approximate surface area is 109 Å². The third-order valence-corrected chi connectivity index (χ3v) is 3.14. The van der Waals surface area contributed by atoms with Gasteiger partial charge >= 0.3 is 0 Å². The van der Waals surface area contributed by atoms with Gasteiger partial charge in [0.1, 0.15) is 0 Å². The highest BCUT2D eigenvalue weighted by Gasteiger charge is 2.01. The number of aromatic nitrogens is 1. The molecular weight excluding hydrogens is 282 g/mol. The molecule has 1 aromatic carbocycles. The summed E-state index contributed by atoms with van der Waals surface area (Å²) in [5.74, 6) is 0. The van der Waals surface area contributed by atoms with E-state index < -0.39 is 0 Å². The molecule has 0 amide bonds. The van der Waals surface area contributed by atoms with Crippen molar-refractivity contribution in [2.45, 2.75) is 6.54 Å². The van der Waals surface area contributed by atoms with E-state index >= 15 is 0 Å². The van der Waals surface area contributed by atoms with E-state index in [4.69, 9.17) is 9.47 Å². The van der Waals surface area contributed by atoms with Crippen molar-refractivity contribution >= 4 is 26.8 Å². The van der Waals surface area contributed by atoms with Gasteiger partial charge in [-0.25, -0.2) is 0 Å². The average molecular weight is 298 g/mol. The lowest BCUT2D eigenvalue weighted by Gasteiger charge is -2.06. The van der Waals surface area contributed by atoms with Crippen LogP contribution >= 0.6 is 15.9 Å². The van der Waals surface area contributed by atoms with Crippen molar-refractivity contribution in [3.8, 4) is 0 Å². The molecule has 1 aromatic heterocycles. The summed E-state index contributed by atoms with van der Waals surface area (Å²) in [7, 11) is 1.68. The van der Waals surface area contributed by atoms with Gasteiger partial charge in [0.05, 0.1) is 19.8 Å². The minimum Gasteiger partial charge on any atom is -0.382 e. The van der Waals surface area contributed by atoms with Gasteiger partial charge < -0.3 is 14.0 Å². The molecular formula is C13H16BrNO2. The fourth-order valence-corrected chi connectivity index (χ4v) is 2.11. The topological polar surface area (TPSA) is 23.4 Å². The van der Waals surface area contributed by atoms with Gasteiger partial charge in [0, 0.05) is 29.8 Å². The fourth-order valence-electron chi connectivity index (χ4n) is 1.76. The molecule has 0 saturated heterocycles. The average Bonchev–Trinajstić information content (AvgIpc) is 2.72. The second-order valence-electron chi connectivity index (χ2n) is 3.82. The summed E-state index contributed by atoms with van der Waals surface area (Å²) in [6.45, 7) is 2.88. The van der Waals surface area contributed by atoms with Crippen molar-refractivity contribution in [3.05, 3.63) is 34.9 Å². The summed E-state index contributed by atoms with van der Waals surface area (Å²) in [5, 5.41) is 1.25. The summed E-state index contributed by atoms with van der Waals surface area (Å²) in [4.78, 5) is 0. The molecule has 0 N–H and O–H groups in total. The Kier molecular flexibility index (Phi) is 4.59. The van der Waals surface area contributed by atoms with Gasteiger partial charge in [-0.2, -0.15) is 0 Å². The van der Waals surface area contributed by atoms with Crippen LogP contribution in [0.1, 0.15) is 0 Å². The minimum atomic E-state index is 0.651. The number of methoxy groups -OCH3 is 1. The van der Waals surface area contributed by atoms with Crippen LogP contribution in [0.3, 0.4) is 0 Å². The predicted molar refractivity (Wildman–Crippen MR) is 72.3 cm³/mol. The van der Waals surface area contributed by atoms with Gasteiger partial charge in [-0.15, -0.1) is 0 Å². The minimum absolute atomic E-state index is 0.651. The number of hydrogen-bond donors (Lipinski definition) is 0. The van der Waals surface area contributed by atoms with Crippen molar-refractivity contribution in [2.24, 2.45) is 0 Å². The standard InChI is InChI=1S/C13H16BrNO2/c1-16-8-9-17-7-6-15-5-4-11-2-3-12(14)10-13(11)15/h2-5,10H,6-9H2,1H3. The van der Waals surface area contributed by atoms with Crippen LogP contribution in [-0.2, 0) is 16.0 Å². The van der Waals surface area contributed by atoms with Gasteiger partial charge in [0.15, 0.2) is 0 Å². The monoisotopic (exact) mass is 297 g/mol. The Hall–Kier alpha value is -0.840. The van der Waals surface area contributed by atoms with Crippen LogP contribution in [0.5, 0.6) is 0 Å². The molecule has 1 heterocycles. The lowest BCUT2D eigenvalue weighted by atomic mass is 10.2. The van der Waals surface area contributed by atoms with Crippen LogP contribution in [-0.4, -0.2) is 31.5 Å². The normalized spacial score (nSPS) is 11.2. The molecule has 0 aliphatic heterocycles. The Balaban J connectivity index is 1.96. The lowest BCUT2D eigenvalue weighted by molar-refractivity contribution is 0.0670. The molecule has 0 atom stereocenters. The molecule has 92 valence electrons. The maximum absolute atomic E-state index is 5.47. The van der Waals surface area contributed by atoms with Gasteiger partial charge in [-0.1, -0.05) is 22.0 Å². The second kappa shape index (κ2) is 6.19. The quantitative estimate of drug-likeness (QED) is 0.765. The van der Waals surface area contributed by atoms with Gasteiger partial charge in [-0.3, -0.25) is 0 Å². The number of hydrogen-bond acceptors (Lipinski definition) is 2. The molecule has 0 bridgehead atoms. The number of fused-ring (bicyclic) bond motifs is 1. The zero-order valence-electron chi connectivity index (χ0n) is 9.86. The Morgan fingerprint density at radius 2 is 2.06 bits per heavy atom. The first-order valence-corrected chi connectivity index (χ1v) is 6.41. The molecule has 0 spiro atoms. The number of nitrogens with zero attached hydrogens (tertiary/aromatic N) is 1. The van der Waals surface area contributed by atoms with Crippen molar-refractivity contribution < 1.29 is 9.47 Å². The Morgan fingerprint density at radius 3 is 2.88 bits per heavy atom. The molecule has 0 aliphatic rings. The first-order valence-electron chi connectivity index (χ1n) is 5.62. The van der Waals surface area contributed by atoms with Gasteiger partial charge in [0.25, 0.3) is 0 Å². The maximum Gasteiger partial charge on any atom is 0.0701 e. The highest BCUT2D eigenvalue weighted by molar-refractivity contribution is 9.10. The maximum atomic E-state index is 5.47. The summed E-state index contributed by atoms with van der Waals surface area (Å²) in [5.41, 5.74) is 1.23. The van der Waals surface area contributed by atoms with E-state index in [1.807, 2.05) is 0 Å². The van der Waals surface area contributed by atoms with E-state index in [0.717, 1.165) is 11.0 Å². The Morgan fingerprint density at radius 1 is 1.18 bits per heavy atom. The van der Waals surface area contributed by atoms with E-state index in [-0.39, 0.29) is 0 Å². The molecule has 2 aromatic rings. The molecule has 4 heteroatoms. The number of halogens is 1. The zero-order valence-corrected chi connectivity index (χ0v) is 11.4. The molecule has 0 aliphatic carbocycles. The van der Waals surface area contributed by atoms with E-state index in [9.17, 15) is 0 Å². The fraction of sp³-hybridized carbons (Fsp3) is 0.385. The number of ether oxygens (including phenoxy) is 2. The van der Waals surface area contributed by atoms with Crippen LogP contribution in [0.15, 0.2) is 34.9 Å². The van der Waals surface area contributed by atoms with E-state index in [0.29, 0.717) is 19.8 Å². The van der Waals surface area contributed by atoms with Crippen molar-refractivity contribution in [2.75, 3.05) is 26.9 Å². The molecule has 0 fully saturated rings. The highest BCUT2D eigenvalue weighted by atomic mass is 79.9. The summed E-state index contributed by atoms with van der Waals surface area (Å²) < 4.78 is 13.7. The summed E-state index contributed by atoms with van der Waals surface area (Å²) in [6, 6.07) is 8.42. The largest absolute Gasteiger partial charge is 0.382 e. The van der Waals surface area contributed by atoms with Crippen molar-refractivity contribution in [1.29, 1.82) is 0 Å². The molecule has 3 nitrogen and oxygen atoms in total. The third kappa shape index (κ3) is 3.31. The van der Waals surface area contributed by atoms with E-state index in [1.54, 1.807) is 7.11 Å². The molecule has 17 heavy (non-hydrogen) atoms. The van der Waals surface area contributed by atoms with Crippen LogP contribution in [0, 0.1) is 0 Å². The van der Waals surface area contributed by atoms with E-state index in [2.05, 4.69) is 51.0 Å². The van der Waals surface area contributed by atoms with Crippen molar-refractivity contribution in [1.82, 2.24) is 4.57 Å². The van der Waals surface area contributed by atoms with Gasteiger partial charge in [0.2, 0.25) is 0 Å². The smallest absolute Gasteiger partial charge is 0.0701 e. The molecule has 0 unspecified atom stereocenters. The first kappa shape index (κ1) is 12.6. The number of benzene rings is 1. The number of rotatable bonds is 6. The lowest BCUT2D eigenvalue weighted by Crippen LogP contribution is -2.08. The molecule has 0 saturated carbocycles. The SMILES string of the molecule is COCCOCCn1ccc2ccc(Br)cc21. The van der Waals surface area contributed by atoms with Crippen LogP contribution in [0.25, 0.3) is 10.9 Å². The molecule has 0 radical (unpaired) electrons. The van der Waals surface area contributed by atoms with Crippen LogP contribution < -0.4 is 0 Å². The van der Waals surface area contributed by atoms with Crippen molar-refractivity contribution in [3.63, 3.8) is 0 Å². The van der Waals surface area contributed by atoms with E-state index in [1.165, 1.54) is 10.9 Å². The third-order valence-electron chi connectivity index (χ3n) is 2.64. The first-order chi connectivity index (χ1) is 8.31. The van der Waals surface area contributed by atoms with Crippen LogP contribution in [0.2, 0.25) is 0 Å². The highest BCUT2D eigenvalue weighted by Crippen LogP contribution is 2.20. The zero-order chi connectivity index (χ0) is 12.1. The second-order valence-corrected chi connectivity index (χ2v) is 4.73. The van der Waals surface area contributed by atoms with Crippen LogP contribution in [0.4, 0.5) is 0 Å². The molecule has 2 rings (SSSR count). The van der Waals surface area contributed by atoms with Gasteiger partial charge in [-0.05, 0) is 23.6 Å². The summed E-state index contributed by atoms with van der Waals surface area (Å²) in [6.07, 6.45) is 2.09. The Bertz CT molecular complexity index is 481. The summed E-state index contributed by atoms with van der Waals surface area (Å²) >= 11 is 3.49. The predicted octanol–water partition coefficient (Wildman–Crippen LogP) is 3.07.